The number of likely N-dealkylation sites (tertiary alicyclic amines) is 1. The number of aryl methyl sites for hydroxylation is 2. The molecule has 1 atom stereocenters. The monoisotopic (exact) mass is 331 g/mol. The number of aliphatic imine (C=N–C) groups is 1. The van der Waals surface area contributed by atoms with E-state index in [-0.39, 0.29) is 0 Å². The van der Waals surface area contributed by atoms with Crippen LogP contribution in [0.3, 0.4) is 0 Å². The summed E-state index contributed by atoms with van der Waals surface area (Å²) in [7, 11) is 1.85. The summed E-state index contributed by atoms with van der Waals surface area (Å²) in [5.41, 5.74) is 2.82. The van der Waals surface area contributed by atoms with Gasteiger partial charge in [-0.1, -0.05) is 6.07 Å². The number of rotatable bonds is 4. The Morgan fingerprint density at radius 3 is 2.75 bits per heavy atom. The molecule has 2 fully saturated rings. The number of hydrogen-bond donors (Lipinski definition) is 1. The van der Waals surface area contributed by atoms with E-state index >= 15 is 0 Å². The fourth-order valence-electron chi connectivity index (χ4n) is 3.77. The van der Waals surface area contributed by atoms with Crippen molar-refractivity contribution in [2.75, 3.05) is 46.5 Å². The zero-order valence-electron chi connectivity index (χ0n) is 15.1. The number of nitrogens with zero attached hydrogens (tertiary/aromatic N) is 2. The van der Waals surface area contributed by atoms with Gasteiger partial charge in [-0.2, -0.15) is 0 Å². The highest BCUT2D eigenvalue weighted by molar-refractivity contribution is 5.80. The molecule has 24 heavy (non-hydrogen) atoms. The molecule has 1 spiro atoms. The molecule has 1 unspecified atom stereocenters. The van der Waals surface area contributed by atoms with Crippen molar-refractivity contribution in [2.24, 2.45) is 10.4 Å². The van der Waals surface area contributed by atoms with Gasteiger partial charge in [0.05, 0.1) is 13.2 Å². The lowest BCUT2D eigenvalue weighted by molar-refractivity contribution is 0.156. The van der Waals surface area contributed by atoms with Crippen LogP contribution in [-0.4, -0.2) is 57.4 Å². The lowest BCUT2D eigenvalue weighted by atomic mass is 9.87. The minimum Gasteiger partial charge on any atom is -0.492 e. The summed E-state index contributed by atoms with van der Waals surface area (Å²) in [6, 6.07) is 6.31. The van der Waals surface area contributed by atoms with Crippen LogP contribution in [0.25, 0.3) is 0 Å². The molecule has 2 heterocycles. The minimum absolute atomic E-state index is 0.354. The second kappa shape index (κ2) is 7.43. The van der Waals surface area contributed by atoms with Crippen LogP contribution in [0.1, 0.15) is 24.0 Å². The highest BCUT2D eigenvalue weighted by Gasteiger charge is 2.42. The van der Waals surface area contributed by atoms with Crippen LogP contribution in [0.4, 0.5) is 0 Å². The van der Waals surface area contributed by atoms with Crippen molar-refractivity contribution in [2.45, 2.75) is 26.7 Å². The molecule has 1 N–H and O–H groups in total. The van der Waals surface area contributed by atoms with Crippen LogP contribution in [0.15, 0.2) is 23.2 Å². The molecule has 3 rings (SSSR count). The van der Waals surface area contributed by atoms with Gasteiger partial charge in [0.25, 0.3) is 0 Å². The summed E-state index contributed by atoms with van der Waals surface area (Å²) < 4.78 is 11.5. The Morgan fingerprint density at radius 2 is 2.08 bits per heavy atom. The SMILES string of the molecule is CN=C(NCCOc1cc(C)cc(C)c1)N1CCC2(CCOC2)C1. The van der Waals surface area contributed by atoms with Gasteiger partial charge < -0.3 is 19.7 Å². The van der Waals surface area contributed by atoms with Gasteiger partial charge in [0.15, 0.2) is 5.96 Å². The summed E-state index contributed by atoms with van der Waals surface area (Å²) in [5.74, 6) is 1.91. The summed E-state index contributed by atoms with van der Waals surface area (Å²) in [6.45, 7) is 9.47. The molecule has 2 aliphatic rings. The molecule has 0 radical (unpaired) electrons. The Labute approximate surface area is 145 Å². The van der Waals surface area contributed by atoms with Crippen LogP contribution >= 0.6 is 0 Å². The van der Waals surface area contributed by atoms with Crippen LogP contribution in [0.5, 0.6) is 5.75 Å². The number of hydrogen-bond acceptors (Lipinski definition) is 3. The van der Waals surface area contributed by atoms with Crippen molar-refractivity contribution in [3.63, 3.8) is 0 Å². The lowest BCUT2D eigenvalue weighted by Crippen LogP contribution is -2.42. The second-order valence-corrected chi connectivity index (χ2v) is 7.12. The minimum atomic E-state index is 0.354. The molecular weight excluding hydrogens is 302 g/mol. The molecule has 2 saturated heterocycles. The molecule has 0 aliphatic carbocycles. The van der Waals surface area contributed by atoms with E-state index in [0.29, 0.717) is 12.0 Å². The first-order valence-corrected chi connectivity index (χ1v) is 8.85. The van der Waals surface area contributed by atoms with Crippen molar-refractivity contribution in [1.29, 1.82) is 0 Å². The maximum atomic E-state index is 5.86. The molecule has 1 aromatic carbocycles. The molecule has 0 bridgehead atoms. The van der Waals surface area contributed by atoms with Crippen molar-refractivity contribution in [3.05, 3.63) is 29.3 Å². The molecular formula is C19H29N3O2. The Morgan fingerprint density at radius 1 is 1.29 bits per heavy atom. The quantitative estimate of drug-likeness (QED) is 0.523. The zero-order chi connectivity index (χ0) is 17.0. The van der Waals surface area contributed by atoms with Crippen LogP contribution < -0.4 is 10.1 Å². The zero-order valence-corrected chi connectivity index (χ0v) is 15.1. The number of nitrogens with one attached hydrogen (secondary N) is 1. The van der Waals surface area contributed by atoms with Gasteiger partial charge in [-0.25, -0.2) is 0 Å². The summed E-state index contributed by atoms with van der Waals surface area (Å²) >= 11 is 0. The maximum absolute atomic E-state index is 5.86. The van der Waals surface area contributed by atoms with E-state index < -0.39 is 0 Å². The first kappa shape index (κ1) is 17.1. The summed E-state index contributed by atoms with van der Waals surface area (Å²) in [4.78, 5) is 6.79. The predicted octanol–water partition coefficient (Wildman–Crippen LogP) is 2.37. The molecule has 2 aliphatic heterocycles. The number of benzene rings is 1. The average Bonchev–Trinajstić information content (AvgIpc) is 3.17. The average molecular weight is 331 g/mol. The third-order valence-electron chi connectivity index (χ3n) is 4.98. The normalized spacial score (nSPS) is 24.0. The van der Waals surface area contributed by atoms with E-state index in [4.69, 9.17) is 9.47 Å². The third kappa shape index (κ3) is 4.01. The smallest absolute Gasteiger partial charge is 0.193 e. The topological polar surface area (TPSA) is 46.1 Å². The van der Waals surface area contributed by atoms with Crippen molar-refractivity contribution >= 4 is 5.96 Å². The maximum Gasteiger partial charge on any atom is 0.193 e. The third-order valence-corrected chi connectivity index (χ3v) is 4.98. The number of guanidine groups is 1. The Kier molecular flexibility index (Phi) is 5.29. The Balaban J connectivity index is 1.45. The molecule has 1 aromatic rings. The molecule has 0 saturated carbocycles. The molecule has 132 valence electrons. The molecule has 0 aromatic heterocycles. The van der Waals surface area contributed by atoms with Gasteiger partial charge in [-0.15, -0.1) is 0 Å². The van der Waals surface area contributed by atoms with Crippen molar-refractivity contribution < 1.29 is 9.47 Å². The Hall–Kier alpha value is -1.75. The predicted molar refractivity (Wildman–Crippen MR) is 96.8 cm³/mol. The van der Waals surface area contributed by atoms with E-state index in [0.717, 1.165) is 44.6 Å². The van der Waals surface area contributed by atoms with Gasteiger partial charge >= 0.3 is 0 Å². The largest absolute Gasteiger partial charge is 0.492 e. The van der Waals surface area contributed by atoms with Gasteiger partial charge in [0.2, 0.25) is 0 Å². The Bertz CT molecular complexity index is 574. The van der Waals surface area contributed by atoms with Gasteiger partial charge in [-0.3, -0.25) is 4.99 Å². The van der Waals surface area contributed by atoms with E-state index in [2.05, 4.69) is 47.3 Å². The van der Waals surface area contributed by atoms with E-state index in [9.17, 15) is 0 Å². The highest BCUT2D eigenvalue weighted by Crippen LogP contribution is 2.38. The van der Waals surface area contributed by atoms with Gasteiger partial charge in [-0.05, 0) is 49.9 Å². The van der Waals surface area contributed by atoms with Crippen molar-refractivity contribution in [1.82, 2.24) is 10.2 Å². The van der Waals surface area contributed by atoms with Crippen LogP contribution in [-0.2, 0) is 4.74 Å². The standard InChI is InChI=1S/C19H29N3O2/c1-15-10-16(2)12-17(11-15)24-9-6-21-18(20-3)22-7-4-19(13-22)5-8-23-14-19/h10-12H,4-9,13-14H2,1-3H3,(H,20,21). The van der Waals surface area contributed by atoms with Crippen molar-refractivity contribution in [3.8, 4) is 5.75 Å². The fourth-order valence-corrected chi connectivity index (χ4v) is 3.77. The van der Waals surface area contributed by atoms with E-state index in [1.165, 1.54) is 24.0 Å². The van der Waals surface area contributed by atoms with E-state index in [1.54, 1.807) is 0 Å². The molecule has 5 nitrogen and oxygen atoms in total. The first-order valence-electron chi connectivity index (χ1n) is 8.85. The summed E-state index contributed by atoms with van der Waals surface area (Å²) in [5, 5.41) is 3.43. The molecule has 5 heteroatoms. The lowest BCUT2D eigenvalue weighted by Gasteiger charge is -2.25. The first-order chi connectivity index (χ1) is 11.6. The van der Waals surface area contributed by atoms with Crippen LogP contribution in [0, 0.1) is 19.3 Å². The van der Waals surface area contributed by atoms with Gasteiger partial charge in [0, 0.05) is 32.2 Å². The van der Waals surface area contributed by atoms with Gasteiger partial charge in [0.1, 0.15) is 12.4 Å². The highest BCUT2D eigenvalue weighted by atomic mass is 16.5. The molecule has 0 amide bonds. The van der Waals surface area contributed by atoms with Crippen LogP contribution in [0.2, 0.25) is 0 Å². The van der Waals surface area contributed by atoms with E-state index in [1.807, 2.05) is 7.05 Å². The number of ether oxygens (including phenoxy) is 2. The second-order valence-electron chi connectivity index (χ2n) is 7.12. The fraction of sp³-hybridized carbons (Fsp3) is 0.632. The summed E-state index contributed by atoms with van der Waals surface area (Å²) in [6.07, 6.45) is 2.38.